The lowest BCUT2D eigenvalue weighted by Crippen LogP contribution is -2.01. The normalized spacial score (nSPS) is 15.5. The van der Waals surface area contributed by atoms with E-state index in [9.17, 15) is 4.79 Å². The minimum atomic E-state index is 0.302. The van der Waals surface area contributed by atoms with E-state index in [2.05, 4.69) is 12.1 Å². The minimum Gasteiger partial charge on any atom is -0.294 e. The molecule has 1 fully saturated rings. The maximum atomic E-state index is 12.0. The molecule has 0 bridgehead atoms. The quantitative estimate of drug-likeness (QED) is 0.672. The molecule has 0 aliphatic heterocycles. The van der Waals surface area contributed by atoms with Crippen LogP contribution >= 0.6 is 0 Å². The summed E-state index contributed by atoms with van der Waals surface area (Å²) in [4.78, 5) is 12.0. The van der Waals surface area contributed by atoms with Gasteiger partial charge < -0.3 is 0 Å². The summed E-state index contributed by atoms with van der Waals surface area (Å²) in [7, 11) is 0. The zero-order valence-electron chi connectivity index (χ0n) is 8.44. The molecule has 0 heterocycles. The molecule has 0 atom stereocenters. The molecule has 0 aromatic heterocycles. The molecule has 1 aliphatic carbocycles. The standard InChI is InChI=1S/C14H12O/c15-14(11-8-9-11)13-7-3-5-10-4-1-2-6-12(10)13/h1-7,11H,8-9H2. The first-order valence-electron chi connectivity index (χ1n) is 5.38. The Hall–Kier alpha value is -1.63. The molecule has 2 aromatic carbocycles. The van der Waals surface area contributed by atoms with Gasteiger partial charge in [-0.05, 0) is 23.6 Å². The molecule has 1 saturated carbocycles. The first kappa shape index (κ1) is 8.66. The van der Waals surface area contributed by atoms with Gasteiger partial charge in [0.2, 0.25) is 0 Å². The Morgan fingerprint density at radius 2 is 1.73 bits per heavy atom. The smallest absolute Gasteiger partial charge is 0.166 e. The van der Waals surface area contributed by atoms with Crippen molar-refractivity contribution in [1.29, 1.82) is 0 Å². The summed E-state index contributed by atoms with van der Waals surface area (Å²) in [6, 6.07) is 14.1. The third-order valence-corrected chi connectivity index (χ3v) is 3.00. The van der Waals surface area contributed by atoms with Crippen molar-refractivity contribution in [2.24, 2.45) is 5.92 Å². The number of carbonyl (C=O) groups is 1. The number of hydrogen-bond donors (Lipinski definition) is 0. The zero-order chi connectivity index (χ0) is 10.3. The van der Waals surface area contributed by atoms with Crippen molar-refractivity contribution < 1.29 is 4.79 Å². The van der Waals surface area contributed by atoms with E-state index in [1.807, 2.05) is 30.3 Å². The lowest BCUT2D eigenvalue weighted by atomic mass is 9.99. The average Bonchev–Trinajstić information content (AvgIpc) is 3.11. The highest BCUT2D eigenvalue weighted by atomic mass is 16.1. The summed E-state index contributed by atoms with van der Waals surface area (Å²) in [5, 5.41) is 2.25. The Kier molecular flexibility index (Phi) is 1.84. The number of carbonyl (C=O) groups excluding carboxylic acids is 1. The number of fused-ring (bicyclic) bond motifs is 1. The van der Waals surface area contributed by atoms with Crippen LogP contribution in [0, 0.1) is 5.92 Å². The van der Waals surface area contributed by atoms with E-state index < -0.39 is 0 Å². The Balaban J connectivity index is 2.20. The fourth-order valence-corrected chi connectivity index (χ4v) is 2.01. The predicted molar refractivity (Wildman–Crippen MR) is 61.0 cm³/mol. The summed E-state index contributed by atoms with van der Waals surface area (Å²) >= 11 is 0. The van der Waals surface area contributed by atoms with E-state index in [0.29, 0.717) is 11.7 Å². The largest absolute Gasteiger partial charge is 0.294 e. The van der Waals surface area contributed by atoms with Gasteiger partial charge in [-0.15, -0.1) is 0 Å². The lowest BCUT2D eigenvalue weighted by molar-refractivity contribution is 0.0969. The zero-order valence-corrected chi connectivity index (χ0v) is 8.44. The van der Waals surface area contributed by atoms with E-state index in [-0.39, 0.29) is 0 Å². The maximum absolute atomic E-state index is 12.0. The van der Waals surface area contributed by atoms with E-state index in [0.717, 1.165) is 29.2 Å². The van der Waals surface area contributed by atoms with Gasteiger partial charge in [0, 0.05) is 11.5 Å². The fraction of sp³-hybridized carbons (Fsp3) is 0.214. The summed E-state index contributed by atoms with van der Waals surface area (Å²) in [6.07, 6.45) is 2.14. The second-order valence-electron chi connectivity index (χ2n) is 4.17. The second-order valence-corrected chi connectivity index (χ2v) is 4.17. The van der Waals surface area contributed by atoms with Crippen LogP contribution in [-0.2, 0) is 0 Å². The van der Waals surface area contributed by atoms with Gasteiger partial charge in [0.05, 0.1) is 0 Å². The van der Waals surface area contributed by atoms with Gasteiger partial charge >= 0.3 is 0 Å². The van der Waals surface area contributed by atoms with E-state index >= 15 is 0 Å². The molecule has 0 N–H and O–H groups in total. The third kappa shape index (κ3) is 1.44. The fourth-order valence-electron chi connectivity index (χ4n) is 2.01. The van der Waals surface area contributed by atoms with Crippen LogP contribution < -0.4 is 0 Å². The van der Waals surface area contributed by atoms with Crippen molar-refractivity contribution in [3.8, 4) is 0 Å². The molecule has 3 rings (SSSR count). The van der Waals surface area contributed by atoms with Crippen LogP contribution in [0.1, 0.15) is 23.2 Å². The molecule has 1 aliphatic rings. The molecule has 74 valence electrons. The van der Waals surface area contributed by atoms with Gasteiger partial charge in [0.25, 0.3) is 0 Å². The highest BCUT2D eigenvalue weighted by Gasteiger charge is 2.30. The number of rotatable bonds is 2. The molecule has 0 amide bonds. The Bertz CT molecular complexity index is 518. The molecule has 2 aromatic rings. The van der Waals surface area contributed by atoms with Gasteiger partial charge in [-0.1, -0.05) is 42.5 Å². The van der Waals surface area contributed by atoms with Crippen molar-refractivity contribution in [3.63, 3.8) is 0 Å². The Labute approximate surface area is 88.7 Å². The first-order chi connectivity index (χ1) is 7.36. The van der Waals surface area contributed by atoms with Crippen molar-refractivity contribution in [2.45, 2.75) is 12.8 Å². The van der Waals surface area contributed by atoms with Crippen molar-refractivity contribution in [3.05, 3.63) is 48.0 Å². The van der Waals surface area contributed by atoms with Gasteiger partial charge in [-0.2, -0.15) is 0 Å². The molecular formula is C14H12O. The maximum Gasteiger partial charge on any atom is 0.166 e. The van der Waals surface area contributed by atoms with Crippen LogP contribution in [0.5, 0.6) is 0 Å². The molecule has 0 saturated heterocycles. The lowest BCUT2D eigenvalue weighted by Gasteiger charge is -2.04. The monoisotopic (exact) mass is 196 g/mol. The van der Waals surface area contributed by atoms with Crippen molar-refractivity contribution in [2.75, 3.05) is 0 Å². The summed E-state index contributed by atoms with van der Waals surface area (Å²) < 4.78 is 0. The highest BCUT2D eigenvalue weighted by Crippen LogP contribution is 2.34. The SMILES string of the molecule is O=C(c1cccc2ccccc12)C1CC1. The Morgan fingerprint density at radius 3 is 2.53 bits per heavy atom. The molecule has 1 nitrogen and oxygen atoms in total. The molecule has 0 unspecified atom stereocenters. The van der Waals surface area contributed by atoms with Crippen LogP contribution in [0.25, 0.3) is 10.8 Å². The van der Waals surface area contributed by atoms with Crippen molar-refractivity contribution >= 4 is 16.6 Å². The highest BCUT2D eigenvalue weighted by molar-refractivity contribution is 6.09. The second kappa shape index (κ2) is 3.20. The summed E-state index contributed by atoms with van der Waals surface area (Å²) in [5.74, 6) is 0.627. The van der Waals surface area contributed by atoms with Crippen LogP contribution in [-0.4, -0.2) is 5.78 Å². The number of ketones is 1. The van der Waals surface area contributed by atoms with E-state index in [1.165, 1.54) is 0 Å². The van der Waals surface area contributed by atoms with Crippen LogP contribution in [0.15, 0.2) is 42.5 Å². The summed E-state index contributed by atoms with van der Waals surface area (Å²) in [6.45, 7) is 0. The number of hydrogen-bond acceptors (Lipinski definition) is 1. The Morgan fingerprint density at radius 1 is 1.00 bits per heavy atom. The number of benzene rings is 2. The molecular weight excluding hydrogens is 184 g/mol. The third-order valence-electron chi connectivity index (χ3n) is 3.00. The van der Waals surface area contributed by atoms with Gasteiger partial charge in [-0.25, -0.2) is 0 Å². The molecule has 0 radical (unpaired) electrons. The van der Waals surface area contributed by atoms with Crippen molar-refractivity contribution in [1.82, 2.24) is 0 Å². The minimum absolute atomic E-state index is 0.302. The van der Waals surface area contributed by atoms with Gasteiger partial charge in [0.1, 0.15) is 0 Å². The van der Waals surface area contributed by atoms with Crippen LogP contribution in [0.4, 0.5) is 0 Å². The topological polar surface area (TPSA) is 17.1 Å². The predicted octanol–water partition coefficient (Wildman–Crippen LogP) is 3.43. The van der Waals surface area contributed by atoms with Crippen LogP contribution in [0.2, 0.25) is 0 Å². The summed E-state index contributed by atoms with van der Waals surface area (Å²) in [5.41, 5.74) is 0.899. The van der Waals surface area contributed by atoms with E-state index in [4.69, 9.17) is 0 Å². The van der Waals surface area contributed by atoms with Gasteiger partial charge in [-0.3, -0.25) is 4.79 Å². The molecule has 1 heteroatoms. The molecule has 0 spiro atoms. The van der Waals surface area contributed by atoms with Crippen LogP contribution in [0.3, 0.4) is 0 Å². The van der Waals surface area contributed by atoms with Gasteiger partial charge in [0.15, 0.2) is 5.78 Å². The molecule has 15 heavy (non-hydrogen) atoms. The van der Waals surface area contributed by atoms with E-state index in [1.54, 1.807) is 0 Å². The first-order valence-corrected chi connectivity index (χ1v) is 5.38. The average molecular weight is 196 g/mol. The number of Topliss-reactive ketones (excluding diaryl/α,β-unsaturated/α-hetero) is 1.